The van der Waals surface area contributed by atoms with E-state index in [-0.39, 0.29) is 30.9 Å². The maximum absolute atomic E-state index is 15.2. The number of anilines is 1. The Morgan fingerprint density at radius 3 is 2.24 bits per heavy atom. The Bertz CT molecular complexity index is 1730. The van der Waals surface area contributed by atoms with Crippen LogP contribution in [0.15, 0.2) is 104 Å². The summed E-state index contributed by atoms with van der Waals surface area (Å²) in [6.07, 6.45) is 4.68. The van der Waals surface area contributed by atoms with Crippen LogP contribution in [0.25, 0.3) is 0 Å². The summed E-state index contributed by atoms with van der Waals surface area (Å²) in [5.41, 5.74) is 2.32. The largest absolute Gasteiger partial charge is 0.394 e. The molecule has 8 nitrogen and oxygen atoms in total. The second-order valence-electron chi connectivity index (χ2n) is 14.0. The van der Waals surface area contributed by atoms with Crippen LogP contribution in [0, 0.1) is 25.7 Å². The van der Waals surface area contributed by atoms with Crippen LogP contribution < -0.4 is 4.90 Å². The molecule has 3 saturated heterocycles. The molecule has 3 fully saturated rings. The van der Waals surface area contributed by atoms with Crippen molar-refractivity contribution in [1.29, 1.82) is 0 Å². The van der Waals surface area contributed by atoms with E-state index >= 15 is 9.59 Å². The third kappa shape index (κ3) is 6.02. The number of fused-ring (bicyclic) bond motifs is 1. The first kappa shape index (κ1) is 34.3. The van der Waals surface area contributed by atoms with Gasteiger partial charge in [-0.05, 0) is 68.4 Å². The lowest BCUT2D eigenvalue weighted by molar-refractivity contribution is -0.152. The van der Waals surface area contributed by atoms with Crippen molar-refractivity contribution in [3.05, 3.63) is 126 Å². The zero-order valence-electron chi connectivity index (χ0n) is 28.8. The second-order valence-corrected chi connectivity index (χ2v) is 14.0. The van der Waals surface area contributed by atoms with Crippen molar-refractivity contribution in [2.24, 2.45) is 11.8 Å². The van der Waals surface area contributed by atoms with Gasteiger partial charge >= 0.3 is 0 Å². The number of likely N-dealkylation sites (tertiary alicyclic amines) is 1. The first-order valence-corrected chi connectivity index (χ1v) is 17.2. The maximum Gasteiger partial charge on any atom is 0.253 e. The molecule has 3 aromatic rings. The fourth-order valence-corrected chi connectivity index (χ4v) is 8.53. The van der Waals surface area contributed by atoms with E-state index in [9.17, 15) is 9.90 Å². The minimum Gasteiger partial charge on any atom is -0.394 e. The molecule has 3 heterocycles. The normalized spacial score (nSPS) is 25.9. The van der Waals surface area contributed by atoms with Crippen LogP contribution in [0.1, 0.15) is 42.0 Å². The molecule has 1 spiro atoms. The SMILES string of the molecule is C=CCN(Cc1ccccc1)C(=O)[C@H]1[C@H]2C(=O)N([C@@H](CO)Cc3ccccc3)C(C(=O)N(CC=C)c3cc(C)ccc3C)C23CC[C@]1(C)O3. The van der Waals surface area contributed by atoms with Crippen LogP contribution in [0.3, 0.4) is 0 Å². The quantitative estimate of drug-likeness (QED) is 0.248. The summed E-state index contributed by atoms with van der Waals surface area (Å²) in [5.74, 6) is -2.54. The monoisotopic (exact) mass is 661 g/mol. The van der Waals surface area contributed by atoms with Gasteiger partial charge in [-0.25, -0.2) is 0 Å². The number of rotatable bonds is 13. The summed E-state index contributed by atoms with van der Waals surface area (Å²) >= 11 is 0. The number of nitrogens with zero attached hydrogens (tertiary/aromatic N) is 3. The predicted molar refractivity (Wildman–Crippen MR) is 191 cm³/mol. The van der Waals surface area contributed by atoms with Crippen molar-refractivity contribution >= 4 is 23.4 Å². The third-order valence-electron chi connectivity index (χ3n) is 10.7. The Kier molecular flexibility index (Phi) is 9.65. The fraction of sp³-hybridized carbons (Fsp3) is 0.390. The van der Waals surface area contributed by atoms with Crippen molar-refractivity contribution in [3.63, 3.8) is 0 Å². The average molecular weight is 662 g/mol. The van der Waals surface area contributed by atoms with Crippen molar-refractivity contribution < 1.29 is 24.2 Å². The van der Waals surface area contributed by atoms with E-state index in [4.69, 9.17) is 4.74 Å². The number of aryl methyl sites for hydroxylation is 2. The van der Waals surface area contributed by atoms with Gasteiger partial charge in [-0.15, -0.1) is 13.2 Å². The van der Waals surface area contributed by atoms with Crippen LogP contribution in [-0.2, 0) is 32.1 Å². The van der Waals surface area contributed by atoms with Gasteiger partial charge in [-0.3, -0.25) is 14.4 Å². The molecule has 3 amide bonds. The summed E-state index contributed by atoms with van der Waals surface area (Å²) < 4.78 is 6.99. The fourth-order valence-electron chi connectivity index (χ4n) is 8.53. The molecule has 0 aromatic heterocycles. The number of ether oxygens (including phenoxy) is 1. The summed E-state index contributed by atoms with van der Waals surface area (Å²) in [7, 11) is 0. The molecule has 256 valence electrons. The van der Waals surface area contributed by atoms with Crippen LogP contribution >= 0.6 is 0 Å². The summed E-state index contributed by atoms with van der Waals surface area (Å²) in [6.45, 7) is 14.2. The number of hydrogen-bond acceptors (Lipinski definition) is 5. The highest BCUT2D eigenvalue weighted by Crippen LogP contribution is 2.64. The lowest BCUT2D eigenvalue weighted by atomic mass is 9.66. The van der Waals surface area contributed by atoms with Gasteiger partial charge in [0.2, 0.25) is 11.8 Å². The number of carbonyl (C=O) groups is 3. The number of carbonyl (C=O) groups excluding carboxylic acids is 3. The van der Waals surface area contributed by atoms with E-state index in [1.54, 1.807) is 26.9 Å². The molecule has 2 bridgehead atoms. The molecule has 6 rings (SSSR count). The average Bonchev–Trinajstić information content (AvgIpc) is 3.68. The zero-order valence-corrected chi connectivity index (χ0v) is 28.8. The smallest absolute Gasteiger partial charge is 0.253 e. The van der Waals surface area contributed by atoms with E-state index in [0.717, 1.165) is 27.9 Å². The highest BCUT2D eigenvalue weighted by molar-refractivity contribution is 6.05. The molecule has 0 radical (unpaired) electrons. The Morgan fingerprint density at radius 1 is 0.959 bits per heavy atom. The molecule has 8 heteroatoms. The van der Waals surface area contributed by atoms with Crippen LogP contribution in [0.4, 0.5) is 5.69 Å². The number of benzene rings is 3. The number of aliphatic hydroxyl groups is 1. The van der Waals surface area contributed by atoms with Gasteiger partial charge in [-0.2, -0.15) is 0 Å². The molecular weight excluding hydrogens is 614 g/mol. The lowest BCUT2D eigenvalue weighted by Gasteiger charge is -2.40. The van der Waals surface area contributed by atoms with Crippen LogP contribution in [0.5, 0.6) is 0 Å². The first-order valence-electron chi connectivity index (χ1n) is 17.2. The molecule has 49 heavy (non-hydrogen) atoms. The van der Waals surface area contributed by atoms with Crippen LogP contribution in [0.2, 0.25) is 0 Å². The lowest BCUT2D eigenvalue weighted by Crippen LogP contribution is -2.59. The third-order valence-corrected chi connectivity index (χ3v) is 10.7. The van der Waals surface area contributed by atoms with Gasteiger partial charge in [-0.1, -0.05) is 84.9 Å². The molecule has 3 aliphatic rings. The number of amides is 3. The Balaban J connectivity index is 1.46. The molecule has 0 saturated carbocycles. The molecular formula is C41H47N3O5. The van der Waals surface area contributed by atoms with Gasteiger partial charge < -0.3 is 24.5 Å². The van der Waals surface area contributed by atoms with E-state index < -0.39 is 35.1 Å². The molecule has 2 unspecified atom stereocenters. The van der Waals surface area contributed by atoms with Gasteiger partial charge in [0.25, 0.3) is 5.91 Å². The number of hydrogen-bond donors (Lipinski definition) is 1. The van der Waals surface area contributed by atoms with Crippen molar-refractivity contribution in [3.8, 4) is 0 Å². The zero-order chi connectivity index (χ0) is 34.9. The summed E-state index contributed by atoms with van der Waals surface area (Å²) in [5, 5.41) is 10.9. The second kappa shape index (κ2) is 13.8. The van der Waals surface area contributed by atoms with Crippen molar-refractivity contribution in [2.75, 3.05) is 24.6 Å². The van der Waals surface area contributed by atoms with E-state index in [0.29, 0.717) is 32.4 Å². The highest BCUT2D eigenvalue weighted by atomic mass is 16.5. The molecule has 1 N–H and O–H groups in total. The first-order chi connectivity index (χ1) is 23.6. The van der Waals surface area contributed by atoms with Crippen LogP contribution in [-0.4, -0.2) is 75.6 Å². The minimum absolute atomic E-state index is 0.194. The highest BCUT2D eigenvalue weighted by Gasteiger charge is 2.79. The van der Waals surface area contributed by atoms with Gasteiger partial charge in [0, 0.05) is 25.3 Å². The Hall–Kier alpha value is -4.53. The van der Waals surface area contributed by atoms with E-state index in [1.165, 1.54) is 0 Å². The maximum atomic E-state index is 15.2. The molecule has 0 aliphatic carbocycles. The van der Waals surface area contributed by atoms with E-state index in [1.807, 2.05) is 99.6 Å². The predicted octanol–water partition coefficient (Wildman–Crippen LogP) is 5.41. The van der Waals surface area contributed by atoms with Crippen molar-refractivity contribution in [1.82, 2.24) is 9.80 Å². The van der Waals surface area contributed by atoms with Gasteiger partial charge in [0.15, 0.2) is 0 Å². The van der Waals surface area contributed by atoms with Crippen molar-refractivity contribution in [2.45, 2.75) is 69.9 Å². The molecule has 3 aromatic carbocycles. The molecule has 3 aliphatic heterocycles. The minimum atomic E-state index is -1.25. The Labute approximate surface area is 289 Å². The number of aliphatic hydroxyl groups excluding tert-OH is 1. The van der Waals surface area contributed by atoms with Gasteiger partial charge in [0.1, 0.15) is 11.6 Å². The summed E-state index contributed by atoms with van der Waals surface area (Å²) in [6, 6.07) is 23.6. The van der Waals surface area contributed by atoms with E-state index in [2.05, 4.69) is 13.2 Å². The van der Waals surface area contributed by atoms with Gasteiger partial charge in [0.05, 0.1) is 30.1 Å². The standard InChI is InChI=1S/C41H47N3O5/c1-6-22-42(26-31-16-12-9-13-17-31)37(46)34-35-38(47)44(32(27-45)25-30-14-10-8-11-15-30)36(41(35)21-20-40(34,5)49-41)39(48)43(23-7-2)33-24-28(3)18-19-29(33)4/h6-19,24,32,34-36,45H,1-2,20-23,25-27H2,3-5H3/t32-,34-,35+,36?,40+,41?/m1/s1. The molecule has 6 atom stereocenters. The summed E-state index contributed by atoms with van der Waals surface area (Å²) in [4.78, 5) is 50.0. The topological polar surface area (TPSA) is 90.4 Å². The Morgan fingerprint density at radius 2 is 1.61 bits per heavy atom.